The highest BCUT2D eigenvalue weighted by Gasteiger charge is 2.23. The third-order valence-electron chi connectivity index (χ3n) is 5.89. The fraction of sp³-hybridized carbons (Fsp3) is 0.286. The number of benzene rings is 3. The second-order valence-corrected chi connectivity index (χ2v) is 8.48. The van der Waals surface area contributed by atoms with Gasteiger partial charge in [0.25, 0.3) is 0 Å². The van der Waals surface area contributed by atoms with Crippen LogP contribution in [0.5, 0.6) is 0 Å². The van der Waals surface area contributed by atoms with Gasteiger partial charge in [0.2, 0.25) is 0 Å². The highest BCUT2D eigenvalue weighted by Crippen LogP contribution is 2.42. The highest BCUT2D eigenvalue weighted by molar-refractivity contribution is 6.06. The standard InChI is InChI=1S/C28H32N2O2.ClH/c1-20-16-21(2)27-25(17-20)26(22-10-5-3-6-11-22)28(23-12-7-4-8-13-23)30(27)19-24(32)18-29-14-9-15-31;/h3-8,10-13,16-17,24,29,31-32H,9,14-15,18-19H2,1-2H3;1H. The molecular formula is C28H33ClN2O2. The van der Waals surface area contributed by atoms with Crippen LogP contribution in [-0.4, -0.2) is 40.6 Å². The van der Waals surface area contributed by atoms with Gasteiger partial charge in [-0.2, -0.15) is 0 Å². The third kappa shape index (κ3) is 5.48. The molecule has 0 aliphatic carbocycles. The maximum atomic E-state index is 10.9. The molecule has 0 aliphatic heterocycles. The highest BCUT2D eigenvalue weighted by atomic mass is 35.5. The van der Waals surface area contributed by atoms with Crippen LogP contribution in [-0.2, 0) is 6.54 Å². The first-order valence-electron chi connectivity index (χ1n) is 11.3. The van der Waals surface area contributed by atoms with Crippen molar-refractivity contribution in [1.29, 1.82) is 0 Å². The smallest absolute Gasteiger partial charge is 0.0843 e. The third-order valence-corrected chi connectivity index (χ3v) is 5.89. The minimum Gasteiger partial charge on any atom is -0.396 e. The van der Waals surface area contributed by atoms with Crippen LogP contribution in [0.1, 0.15) is 17.5 Å². The Labute approximate surface area is 202 Å². The van der Waals surface area contributed by atoms with E-state index in [1.54, 1.807) is 0 Å². The van der Waals surface area contributed by atoms with Crippen LogP contribution in [0.15, 0.2) is 72.8 Å². The largest absolute Gasteiger partial charge is 0.396 e. The summed E-state index contributed by atoms with van der Waals surface area (Å²) in [7, 11) is 0. The van der Waals surface area contributed by atoms with Gasteiger partial charge in [0.15, 0.2) is 0 Å². The molecule has 0 radical (unpaired) electrons. The zero-order valence-corrected chi connectivity index (χ0v) is 20.1. The number of fused-ring (bicyclic) bond motifs is 1. The first kappa shape index (κ1) is 25.0. The summed E-state index contributed by atoms with van der Waals surface area (Å²) in [6, 6.07) is 25.5. The number of aryl methyl sites for hydroxylation is 2. The molecule has 1 unspecified atom stereocenters. The maximum absolute atomic E-state index is 10.9. The molecule has 1 atom stereocenters. The Morgan fingerprint density at radius 2 is 1.55 bits per heavy atom. The zero-order chi connectivity index (χ0) is 22.5. The Kier molecular flexibility index (Phi) is 8.70. The van der Waals surface area contributed by atoms with Gasteiger partial charge in [-0.1, -0.05) is 72.3 Å². The van der Waals surface area contributed by atoms with Gasteiger partial charge < -0.3 is 20.1 Å². The number of rotatable bonds is 9. The fourth-order valence-electron chi connectivity index (χ4n) is 4.61. The molecule has 0 bridgehead atoms. The molecule has 4 rings (SSSR count). The lowest BCUT2D eigenvalue weighted by atomic mass is 9.97. The summed E-state index contributed by atoms with van der Waals surface area (Å²) in [6.07, 6.45) is 0.140. The lowest BCUT2D eigenvalue weighted by Crippen LogP contribution is -2.31. The monoisotopic (exact) mass is 464 g/mol. The predicted molar refractivity (Wildman–Crippen MR) is 140 cm³/mol. The van der Waals surface area contributed by atoms with Gasteiger partial charge in [-0.05, 0) is 49.6 Å². The molecule has 4 aromatic rings. The average molecular weight is 465 g/mol. The Bertz CT molecular complexity index is 1170. The van der Waals surface area contributed by atoms with Crippen molar-refractivity contribution in [2.45, 2.75) is 32.9 Å². The second-order valence-electron chi connectivity index (χ2n) is 8.48. The van der Waals surface area contributed by atoms with Crippen LogP contribution in [0.4, 0.5) is 0 Å². The predicted octanol–water partition coefficient (Wildman–Crippen LogP) is 5.35. The summed E-state index contributed by atoms with van der Waals surface area (Å²) in [5.41, 5.74) is 8.27. The van der Waals surface area contributed by atoms with E-state index in [-0.39, 0.29) is 19.0 Å². The number of nitrogens with zero attached hydrogens (tertiary/aromatic N) is 1. The molecule has 4 nitrogen and oxygen atoms in total. The van der Waals surface area contributed by atoms with Gasteiger partial charge in [0, 0.05) is 24.1 Å². The van der Waals surface area contributed by atoms with Crippen LogP contribution >= 0.6 is 12.4 Å². The Balaban J connectivity index is 0.00000306. The van der Waals surface area contributed by atoms with E-state index < -0.39 is 6.10 Å². The molecule has 174 valence electrons. The minimum atomic E-state index is -0.545. The summed E-state index contributed by atoms with van der Waals surface area (Å²) in [6.45, 7) is 6.12. The lowest BCUT2D eigenvalue weighted by Gasteiger charge is -2.18. The van der Waals surface area contributed by atoms with E-state index in [4.69, 9.17) is 5.11 Å². The molecule has 0 spiro atoms. The van der Waals surface area contributed by atoms with E-state index in [1.807, 2.05) is 12.1 Å². The van der Waals surface area contributed by atoms with Gasteiger partial charge in [-0.3, -0.25) is 0 Å². The number of nitrogens with one attached hydrogen (secondary N) is 1. The van der Waals surface area contributed by atoms with E-state index in [9.17, 15) is 5.11 Å². The Morgan fingerprint density at radius 1 is 0.909 bits per heavy atom. The van der Waals surface area contributed by atoms with Crippen molar-refractivity contribution in [2.75, 3.05) is 19.7 Å². The van der Waals surface area contributed by atoms with E-state index in [1.165, 1.54) is 33.2 Å². The van der Waals surface area contributed by atoms with E-state index >= 15 is 0 Å². The number of halogens is 1. The van der Waals surface area contributed by atoms with Crippen molar-refractivity contribution in [1.82, 2.24) is 9.88 Å². The topological polar surface area (TPSA) is 57.4 Å². The number of aromatic nitrogens is 1. The summed E-state index contributed by atoms with van der Waals surface area (Å²) in [4.78, 5) is 0. The summed E-state index contributed by atoms with van der Waals surface area (Å²) >= 11 is 0. The van der Waals surface area contributed by atoms with E-state index in [0.717, 1.165) is 11.3 Å². The normalized spacial score (nSPS) is 12.0. The first-order chi connectivity index (χ1) is 15.6. The van der Waals surface area contributed by atoms with Crippen molar-refractivity contribution in [2.24, 2.45) is 0 Å². The molecule has 0 amide bonds. The minimum absolute atomic E-state index is 0. The molecule has 1 aromatic heterocycles. The summed E-state index contributed by atoms with van der Waals surface area (Å²) in [5, 5.41) is 24.4. The van der Waals surface area contributed by atoms with Crippen LogP contribution in [0, 0.1) is 13.8 Å². The number of hydrogen-bond acceptors (Lipinski definition) is 3. The Hall–Kier alpha value is -2.63. The number of hydrogen-bond donors (Lipinski definition) is 3. The maximum Gasteiger partial charge on any atom is 0.0843 e. The van der Waals surface area contributed by atoms with Gasteiger partial charge in [0.1, 0.15) is 0 Å². The van der Waals surface area contributed by atoms with Crippen molar-refractivity contribution < 1.29 is 10.2 Å². The lowest BCUT2D eigenvalue weighted by molar-refractivity contribution is 0.152. The average Bonchev–Trinajstić information content (AvgIpc) is 3.11. The van der Waals surface area contributed by atoms with E-state index in [0.29, 0.717) is 26.1 Å². The molecule has 0 saturated carbocycles. The van der Waals surface area contributed by atoms with Crippen LogP contribution < -0.4 is 5.32 Å². The van der Waals surface area contributed by atoms with Gasteiger partial charge in [-0.25, -0.2) is 0 Å². The van der Waals surface area contributed by atoms with Crippen LogP contribution in [0.2, 0.25) is 0 Å². The van der Waals surface area contributed by atoms with Gasteiger partial charge in [0.05, 0.1) is 23.9 Å². The van der Waals surface area contributed by atoms with Gasteiger partial charge in [-0.15, -0.1) is 12.4 Å². The number of aliphatic hydroxyl groups excluding tert-OH is 2. The molecule has 1 heterocycles. The van der Waals surface area contributed by atoms with Crippen molar-refractivity contribution in [3.63, 3.8) is 0 Å². The van der Waals surface area contributed by atoms with E-state index in [2.05, 4.69) is 84.4 Å². The van der Waals surface area contributed by atoms with Crippen molar-refractivity contribution >= 4 is 23.3 Å². The van der Waals surface area contributed by atoms with Crippen LogP contribution in [0.3, 0.4) is 0 Å². The SMILES string of the molecule is Cc1cc(C)c2c(c1)c(-c1ccccc1)c(-c1ccccc1)n2CC(O)CNCCCO.Cl. The zero-order valence-electron chi connectivity index (χ0n) is 19.3. The quantitative estimate of drug-likeness (QED) is 0.293. The molecule has 3 aromatic carbocycles. The van der Waals surface area contributed by atoms with Crippen LogP contribution in [0.25, 0.3) is 33.3 Å². The molecular weight excluding hydrogens is 432 g/mol. The molecule has 0 fully saturated rings. The van der Waals surface area contributed by atoms with Gasteiger partial charge >= 0.3 is 0 Å². The fourth-order valence-corrected chi connectivity index (χ4v) is 4.61. The molecule has 3 N–H and O–H groups in total. The Morgan fingerprint density at radius 3 is 2.18 bits per heavy atom. The molecule has 5 heteroatoms. The molecule has 0 saturated heterocycles. The second kappa shape index (κ2) is 11.5. The molecule has 33 heavy (non-hydrogen) atoms. The van der Waals surface area contributed by atoms with Crippen molar-refractivity contribution in [3.05, 3.63) is 83.9 Å². The summed E-state index contributed by atoms with van der Waals surface area (Å²) in [5.74, 6) is 0. The number of aliphatic hydroxyl groups is 2. The first-order valence-corrected chi connectivity index (χ1v) is 11.3. The molecule has 0 aliphatic rings. The summed E-state index contributed by atoms with van der Waals surface area (Å²) < 4.78 is 2.29. The van der Waals surface area contributed by atoms with Crippen molar-refractivity contribution in [3.8, 4) is 22.4 Å².